The van der Waals surface area contributed by atoms with E-state index >= 15 is 0 Å². The summed E-state index contributed by atoms with van der Waals surface area (Å²) in [6, 6.07) is 4.55. The molecule has 1 aromatic heterocycles. The maximum Gasteiger partial charge on any atom is 0.397 e. The monoisotopic (exact) mass is 282 g/mol. The number of nitrogens with one attached hydrogen (secondary N) is 1. The number of carbonyl (C=O) groups is 1. The highest BCUT2D eigenvalue weighted by Crippen LogP contribution is 2.20. The van der Waals surface area contributed by atoms with Crippen molar-refractivity contribution in [1.29, 1.82) is 0 Å². The Labute approximate surface area is 91.8 Å². The Morgan fingerprint density at radius 2 is 2.13 bits per heavy atom. The summed E-state index contributed by atoms with van der Waals surface area (Å²) in [7, 11) is 0. The molecule has 0 fully saturated rings. The van der Waals surface area contributed by atoms with Crippen LogP contribution in [0.25, 0.3) is 0 Å². The Balaban J connectivity index is 2.59. The quantitative estimate of drug-likeness (QED) is 0.848. The summed E-state index contributed by atoms with van der Waals surface area (Å²) < 4.78 is 35.8. The van der Waals surface area contributed by atoms with Crippen LogP contribution in [0, 0.1) is 0 Å². The third-order valence-electron chi connectivity index (χ3n) is 1.34. The minimum Gasteiger partial charge on any atom is -0.310 e. The van der Waals surface area contributed by atoms with Gasteiger partial charge in [-0.25, -0.2) is 4.98 Å². The fraction of sp³-hybridized carbons (Fsp3) is 0.250. The van der Waals surface area contributed by atoms with E-state index in [0.717, 1.165) is 0 Å². The number of amides is 1. The predicted octanol–water partition coefficient (Wildman–Crippen LogP) is 2.74. The number of carbonyl (C=O) groups excluding carboxylic acids is 1. The zero-order valence-electron chi connectivity index (χ0n) is 7.31. The summed E-state index contributed by atoms with van der Waals surface area (Å²) in [6.45, 7) is 0. The molecule has 1 aromatic rings. The van der Waals surface area contributed by atoms with Gasteiger partial charge < -0.3 is 5.32 Å². The van der Waals surface area contributed by atoms with E-state index in [2.05, 4.69) is 20.9 Å². The van der Waals surface area contributed by atoms with E-state index in [1.54, 1.807) is 12.1 Å². The first-order chi connectivity index (χ1) is 6.87. The second-order valence-electron chi connectivity index (χ2n) is 2.69. The van der Waals surface area contributed by atoms with Crippen molar-refractivity contribution in [3.63, 3.8) is 0 Å². The Morgan fingerprint density at radius 3 is 2.67 bits per heavy atom. The third-order valence-corrected chi connectivity index (χ3v) is 1.79. The molecule has 1 heterocycles. The van der Waals surface area contributed by atoms with Gasteiger partial charge in [0, 0.05) is 0 Å². The minimum absolute atomic E-state index is 0.0821. The van der Waals surface area contributed by atoms with Gasteiger partial charge in [0.1, 0.15) is 16.8 Å². The smallest absolute Gasteiger partial charge is 0.310 e. The average Bonchev–Trinajstić information content (AvgIpc) is 1.99. The number of aromatic nitrogens is 1. The number of hydrogen-bond acceptors (Lipinski definition) is 2. The van der Waals surface area contributed by atoms with Crippen molar-refractivity contribution in [3.05, 3.63) is 22.8 Å². The van der Waals surface area contributed by atoms with Gasteiger partial charge in [0.2, 0.25) is 5.91 Å². The third kappa shape index (κ3) is 4.78. The minimum atomic E-state index is -4.50. The molecule has 15 heavy (non-hydrogen) atoms. The topological polar surface area (TPSA) is 42.0 Å². The van der Waals surface area contributed by atoms with Crippen LogP contribution in [0.15, 0.2) is 22.8 Å². The molecule has 0 aromatic carbocycles. The molecule has 0 spiro atoms. The van der Waals surface area contributed by atoms with E-state index in [9.17, 15) is 18.0 Å². The lowest BCUT2D eigenvalue weighted by molar-refractivity contribution is -0.150. The molecule has 7 heteroatoms. The summed E-state index contributed by atoms with van der Waals surface area (Å²) in [5.74, 6) is -1.05. The number of alkyl halides is 3. The molecule has 0 unspecified atom stereocenters. The Kier molecular flexibility index (Phi) is 3.67. The molecular weight excluding hydrogens is 277 g/mol. The Hall–Kier alpha value is -1.11. The summed E-state index contributed by atoms with van der Waals surface area (Å²) in [6.07, 6.45) is -6.02. The molecule has 1 amide bonds. The maximum atomic E-state index is 11.8. The van der Waals surface area contributed by atoms with Crippen LogP contribution in [0.2, 0.25) is 0 Å². The van der Waals surface area contributed by atoms with Gasteiger partial charge in [0.15, 0.2) is 0 Å². The summed E-state index contributed by atoms with van der Waals surface area (Å²) in [4.78, 5) is 14.6. The van der Waals surface area contributed by atoms with Gasteiger partial charge in [-0.3, -0.25) is 4.79 Å². The molecule has 0 saturated heterocycles. The number of hydrogen-bond donors (Lipinski definition) is 1. The van der Waals surface area contributed by atoms with Gasteiger partial charge in [-0.1, -0.05) is 6.07 Å². The summed E-state index contributed by atoms with van der Waals surface area (Å²) >= 11 is 3.03. The number of rotatable bonds is 2. The zero-order chi connectivity index (χ0) is 11.5. The van der Waals surface area contributed by atoms with Crippen molar-refractivity contribution in [2.45, 2.75) is 12.6 Å². The molecule has 3 nitrogen and oxygen atoms in total. The number of nitrogens with zero attached hydrogens (tertiary/aromatic N) is 1. The molecule has 0 aliphatic heterocycles. The van der Waals surface area contributed by atoms with E-state index in [1.807, 2.05) is 5.32 Å². The molecule has 1 N–H and O–H groups in total. The van der Waals surface area contributed by atoms with E-state index in [1.165, 1.54) is 6.07 Å². The number of halogens is 4. The molecule has 0 bridgehead atoms. The molecule has 1 rings (SSSR count). The Morgan fingerprint density at radius 1 is 1.47 bits per heavy atom. The second kappa shape index (κ2) is 4.61. The first kappa shape index (κ1) is 12.0. The van der Waals surface area contributed by atoms with Crippen molar-refractivity contribution in [2.75, 3.05) is 5.32 Å². The van der Waals surface area contributed by atoms with Gasteiger partial charge in [0.25, 0.3) is 0 Å². The molecule has 0 saturated carbocycles. The van der Waals surface area contributed by atoms with Crippen molar-refractivity contribution >= 4 is 27.7 Å². The number of pyridine rings is 1. The highest BCUT2D eigenvalue weighted by atomic mass is 79.9. The van der Waals surface area contributed by atoms with Gasteiger partial charge in [-0.2, -0.15) is 13.2 Å². The van der Waals surface area contributed by atoms with Crippen LogP contribution in [0.4, 0.5) is 19.0 Å². The molecule has 0 radical (unpaired) electrons. The summed E-state index contributed by atoms with van der Waals surface area (Å²) in [5.41, 5.74) is 0. The van der Waals surface area contributed by atoms with Crippen molar-refractivity contribution < 1.29 is 18.0 Å². The second-order valence-corrected chi connectivity index (χ2v) is 3.50. The van der Waals surface area contributed by atoms with Crippen LogP contribution in [-0.2, 0) is 4.79 Å². The van der Waals surface area contributed by atoms with Crippen LogP contribution in [-0.4, -0.2) is 17.1 Å². The molecule has 0 aliphatic carbocycles. The molecule has 0 atom stereocenters. The normalized spacial score (nSPS) is 11.2. The van der Waals surface area contributed by atoms with Crippen LogP contribution < -0.4 is 5.32 Å². The van der Waals surface area contributed by atoms with E-state index in [4.69, 9.17) is 0 Å². The largest absolute Gasteiger partial charge is 0.397 e. The molecule has 82 valence electrons. The van der Waals surface area contributed by atoms with Crippen molar-refractivity contribution in [1.82, 2.24) is 4.98 Å². The lowest BCUT2D eigenvalue weighted by atomic mass is 10.4. The van der Waals surface area contributed by atoms with Crippen molar-refractivity contribution in [3.8, 4) is 0 Å². The van der Waals surface area contributed by atoms with E-state index in [0.29, 0.717) is 4.60 Å². The van der Waals surface area contributed by atoms with Gasteiger partial charge in [-0.15, -0.1) is 0 Å². The predicted molar refractivity (Wildman–Crippen MR) is 51.2 cm³/mol. The lowest BCUT2D eigenvalue weighted by Crippen LogP contribution is -2.21. The number of anilines is 1. The van der Waals surface area contributed by atoms with Crippen LogP contribution in [0.5, 0.6) is 0 Å². The SMILES string of the molecule is O=C(CC(F)(F)F)Nc1cccc(Br)n1. The average molecular weight is 283 g/mol. The van der Waals surface area contributed by atoms with E-state index in [-0.39, 0.29) is 5.82 Å². The first-order valence-electron chi connectivity index (χ1n) is 3.86. The molecular formula is C8H6BrF3N2O. The van der Waals surface area contributed by atoms with Gasteiger partial charge in [-0.05, 0) is 28.1 Å². The van der Waals surface area contributed by atoms with Gasteiger partial charge in [0.05, 0.1) is 0 Å². The Bertz CT molecular complexity index is 367. The fourth-order valence-electron chi connectivity index (χ4n) is 0.847. The van der Waals surface area contributed by atoms with Crippen LogP contribution in [0.3, 0.4) is 0 Å². The fourth-order valence-corrected chi connectivity index (χ4v) is 1.19. The zero-order valence-corrected chi connectivity index (χ0v) is 8.89. The lowest BCUT2D eigenvalue weighted by Gasteiger charge is -2.06. The standard InChI is InChI=1S/C8H6BrF3N2O/c9-5-2-1-3-6(13-5)14-7(15)4-8(10,11)12/h1-3H,4H2,(H,13,14,15). The van der Waals surface area contributed by atoms with Gasteiger partial charge >= 0.3 is 6.18 Å². The van der Waals surface area contributed by atoms with Crippen molar-refractivity contribution in [2.24, 2.45) is 0 Å². The van der Waals surface area contributed by atoms with E-state index < -0.39 is 18.5 Å². The van der Waals surface area contributed by atoms with Crippen LogP contribution >= 0.6 is 15.9 Å². The maximum absolute atomic E-state index is 11.8. The highest BCUT2D eigenvalue weighted by molar-refractivity contribution is 9.10. The van der Waals surface area contributed by atoms with Crippen LogP contribution in [0.1, 0.15) is 6.42 Å². The molecule has 0 aliphatic rings. The highest BCUT2D eigenvalue weighted by Gasteiger charge is 2.31. The summed E-state index contributed by atoms with van der Waals surface area (Å²) in [5, 5.41) is 2.04. The first-order valence-corrected chi connectivity index (χ1v) is 4.65.